The average molecular weight is 126 g/mol. The minimum absolute atomic E-state index is 0.00120. The van der Waals surface area contributed by atoms with Gasteiger partial charge in [-0.2, -0.15) is 0 Å². The molecule has 0 nitrogen and oxygen atoms in total. The van der Waals surface area contributed by atoms with Gasteiger partial charge in [0.25, 0.3) is 0 Å². The maximum absolute atomic E-state index is 12.3. The Morgan fingerprint density at radius 3 is 2.33 bits per heavy atom. The summed E-state index contributed by atoms with van der Waals surface area (Å²) in [6, 6.07) is 0. The van der Waals surface area contributed by atoms with Crippen LogP contribution in [0.3, 0.4) is 0 Å². The molecule has 50 valence electrons. The number of hydrogen-bond acceptors (Lipinski definition) is 0. The highest BCUT2D eigenvalue weighted by molar-refractivity contribution is 5.27. The van der Waals surface area contributed by atoms with Gasteiger partial charge in [0.1, 0.15) is 5.83 Å². The van der Waals surface area contributed by atoms with Gasteiger partial charge in [0, 0.05) is 6.42 Å². The Morgan fingerprint density at radius 2 is 2.11 bits per heavy atom. The van der Waals surface area contributed by atoms with E-state index in [-0.39, 0.29) is 5.83 Å². The van der Waals surface area contributed by atoms with E-state index in [0.29, 0.717) is 12.3 Å². The zero-order chi connectivity index (χ0) is 6.85. The van der Waals surface area contributed by atoms with E-state index in [0.717, 1.165) is 0 Å². The summed E-state index contributed by atoms with van der Waals surface area (Å²) in [5.41, 5.74) is 1.20. The lowest BCUT2D eigenvalue weighted by Crippen LogP contribution is -1.89. The zero-order valence-corrected chi connectivity index (χ0v) is 5.82. The fourth-order valence-electron chi connectivity index (χ4n) is 0.907. The second-order valence-electron chi connectivity index (χ2n) is 2.69. The molecule has 0 spiro atoms. The van der Waals surface area contributed by atoms with E-state index in [1.807, 2.05) is 6.08 Å². The molecule has 0 saturated heterocycles. The molecule has 0 unspecified atom stereocenters. The van der Waals surface area contributed by atoms with Crippen LogP contribution in [-0.4, -0.2) is 0 Å². The van der Waals surface area contributed by atoms with Crippen molar-refractivity contribution in [3.05, 3.63) is 23.6 Å². The van der Waals surface area contributed by atoms with Crippen molar-refractivity contribution in [2.45, 2.75) is 20.3 Å². The van der Waals surface area contributed by atoms with Crippen LogP contribution in [0.4, 0.5) is 4.39 Å². The van der Waals surface area contributed by atoms with Crippen molar-refractivity contribution in [3.8, 4) is 0 Å². The molecule has 0 aliphatic heterocycles. The summed E-state index contributed by atoms with van der Waals surface area (Å²) in [5, 5.41) is 0. The van der Waals surface area contributed by atoms with Gasteiger partial charge in [-0.15, -0.1) is 0 Å². The number of allylic oxidation sites excluding steroid dienone is 4. The molecule has 0 bridgehead atoms. The van der Waals surface area contributed by atoms with Crippen molar-refractivity contribution in [3.63, 3.8) is 0 Å². The highest BCUT2D eigenvalue weighted by Gasteiger charge is 2.09. The minimum atomic E-state index is -0.00120. The van der Waals surface area contributed by atoms with E-state index in [2.05, 4.69) is 13.8 Å². The quantitative estimate of drug-likeness (QED) is 0.506. The van der Waals surface area contributed by atoms with E-state index < -0.39 is 0 Å². The van der Waals surface area contributed by atoms with Crippen molar-refractivity contribution in [1.82, 2.24) is 0 Å². The van der Waals surface area contributed by atoms with Crippen molar-refractivity contribution >= 4 is 0 Å². The first kappa shape index (κ1) is 6.53. The molecule has 1 aliphatic carbocycles. The molecule has 0 aromatic rings. The van der Waals surface area contributed by atoms with Gasteiger partial charge in [-0.25, -0.2) is 4.39 Å². The summed E-state index contributed by atoms with van der Waals surface area (Å²) in [5.74, 6) is 0.494. The Balaban J connectivity index is 2.54. The molecular formula is C8H11F. The molecular weight excluding hydrogens is 115 g/mol. The second kappa shape index (κ2) is 2.34. The van der Waals surface area contributed by atoms with Crippen molar-refractivity contribution in [2.75, 3.05) is 0 Å². The summed E-state index contributed by atoms with van der Waals surface area (Å²) in [6.07, 6.45) is 3.97. The van der Waals surface area contributed by atoms with Crippen molar-refractivity contribution < 1.29 is 4.39 Å². The van der Waals surface area contributed by atoms with Crippen LogP contribution in [0.2, 0.25) is 0 Å². The van der Waals surface area contributed by atoms with Crippen LogP contribution < -0.4 is 0 Å². The lowest BCUT2D eigenvalue weighted by molar-refractivity contribution is 0.600. The number of rotatable bonds is 1. The maximum atomic E-state index is 12.3. The van der Waals surface area contributed by atoms with Gasteiger partial charge >= 0.3 is 0 Å². The highest BCUT2D eigenvalue weighted by atomic mass is 19.1. The van der Waals surface area contributed by atoms with Gasteiger partial charge in [0.2, 0.25) is 0 Å². The van der Waals surface area contributed by atoms with Gasteiger partial charge in [-0.05, 0) is 12.0 Å². The summed E-state index contributed by atoms with van der Waals surface area (Å²) < 4.78 is 12.3. The Hall–Kier alpha value is -0.590. The number of halogens is 1. The van der Waals surface area contributed by atoms with Crippen LogP contribution in [0, 0.1) is 5.92 Å². The van der Waals surface area contributed by atoms with E-state index in [9.17, 15) is 4.39 Å². The van der Waals surface area contributed by atoms with Crippen molar-refractivity contribution in [1.29, 1.82) is 0 Å². The first-order valence-corrected chi connectivity index (χ1v) is 3.25. The molecule has 0 aromatic heterocycles. The van der Waals surface area contributed by atoms with Crippen LogP contribution in [0.1, 0.15) is 20.3 Å². The van der Waals surface area contributed by atoms with E-state index >= 15 is 0 Å². The Morgan fingerprint density at radius 1 is 1.44 bits per heavy atom. The molecule has 0 fully saturated rings. The predicted molar refractivity (Wildman–Crippen MR) is 36.7 cm³/mol. The van der Waals surface area contributed by atoms with Gasteiger partial charge in [-0.1, -0.05) is 25.5 Å². The first-order chi connectivity index (χ1) is 4.20. The molecule has 0 aromatic carbocycles. The zero-order valence-electron chi connectivity index (χ0n) is 5.82. The Bertz CT molecular complexity index is 163. The van der Waals surface area contributed by atoms with Crippen LogP contribution >= 0.6 is 0 Å². The minimum Gasteiger partial charge on any atom is -0.211 e. The summed E-state index contributed by atoms with van der Waals surface area (Å²) in [6.45, 7) is 4.16. The largest absolute Gasteiger partial charge is 0.211 e. The fourth-order valence-corrected chi connectivity index (χ4v) is 0.907. The molecule has 9 heavy (non-hydrogen) atoms. The monoisotopic (exact) mass is 126 g/mol. The van der Waals surface area contributed by atoms with E-state index in [1.54, 1.807) is 6.08 Å². The lowest BCUT2D eigenvalue weighted by Gasteiger charge is -2.03. The molecule has 0 saturated carbocycles. The molecule has 0 atom stereocenters. The van der Waals surface area contributed by atoms with Gasteiger partial charge < -0.3 is 0 Å². The summed E-state index contributed by atoms with van der Waals surface area (Å²) in [7, 11) is 0. The Kier molecular flexibility index (Phi) is 1.70. The summed E-state index contributed by atoms with van der Waals surface area (Å²) >= 11 is 0. The molecule has 0 radical (unpaired) electrons. The standard InChI is InChI=1S/C8H11F/c1-6(2)7-3-4-8(9)5-7/h3-4,6H,5H2,1-2H3. The molecule has 0 heterocycles. The van der Waals surface area contributed by atoms with Crippen LogP contribution in [0.15, 0.2) is 23.6 Å². The third-order valence-electron chi connectivity index (χ3n) is 1.59. The third-order valence-corrected chi connectivity index (χ3v) is 1.59. The normalized spacial score (nSPS) is 18.2. The van der Waals surface area contributed by atoms with Crippen molar-refractivity contribution in [2.24, 2.45) is 5.92 Å². The topological polar surface area (TPSA) is 0 Å². The second-order valence-corrected chi connectivity index (χ2v) is 2.69. The predicted octanol–water partition coefficient (Wildman–Crippen LogP) is 2.83. The molecule has 1 heteroatoms. The Labute approximate surface area is 55.1 Å². The molecule has 0 amide bonds. The number of hydrogen-bond donors (Lipinski definition) is 0. The van der Waals surface area contributed by atoms with E-state index in [1.165, 1.54) is 5.57 Å². The van der Waals surface area contributed by atoms with Gasteiger partial charge in [0.15, 0.2) is 0 Å². The maximum Gasteiger partial charge on any atom is 0.104 e. The van der Waals surface area contributed by atoms with E-state index in [4.69, 9.17) is 0 Å². The fraction of sp³-hybridized carbons (Fsp3) is 0.500. The van der Waals surface area contributed by atoms with Crippen LogP contribution in [0.5, 0.6) is 0 Å². The molecule has 1 rings (SSSR count). The third kappa shape index (κ3) is 1.41. The lowest BCUT2D eigenvalue weighted by atomic mass is 10.0. The highest BCUT2D eigenvalue weighted by Crippen LogP contribution is 2.25. The molecule has 0 N–H and O–H groups in total. The summed E-state index contributed by atoms with van der Waals surface area (Å²) in [4.78, 5) is 0. The first-order valence-electron chi connectivity index (χ1n) is 3.25. The SMILES string of the molecule is CC(C)C1=CC=C(F)C1. The van der Waals surface area contributed by atoms with Gasteiger partial charge in [0.05, 0.1) is 0 Å². The molecule has 1 aliphatic rings. The average Bonchev–Trinajstić information content (AvgIpc) is 2.14. The van der Waals surface area contributed by atoms with Gasteiger partial charge in [-0.3, -0.25) is 0 Å². The van der Waals surface area contributed by atoms with Crippen LogP contribution in [-0.2, 0) is 0 Å². The smallest absolute Gasteiger partial charge is 0.104 e. The van der Waals surface area contributed by atoms with Crippen LogP contribution in [0.25, 0.3) is 0 Å².